The Bertz CT molecular complexity index is 398. The Kier molecular flexibility index (Phi) is 4.14. The molecule has 0 aliphatic heterocycles. The zero-order valence-electron chi connectivity index (χ0n) is 10.2. The number of hydrogen-bond donors (Lipinski definition) is 3. The van der Waals surface area contributed by atoms with Crippen molar-refractivity contribution in [1.29, 1.82) is 0 Å². The molecule has 0 unspecified atom stereocenters. The third kappa shape index (κ3) is 3.69. The van der Waals surface area contributed by atoms with Gasteiger partial charge in [0.15, 0.2) is 0 Å². The molecule has 1 heterocycles. The van der Waals surface area contributed by atoms with E-state index in [9.17, 15) is 9.90 Å². The van der Waals surface area contributed by atoms with Gasteiger partial charge in [0, 0.05) is 6.54 Å². The number of nitrogens with two attached hydrogens (primary N) is 1. The Hall–Kier alpha value is -1.63. The third-order valence-electron chi connectivity index (χ3n) is 3.26. The SMILES string of the molecule is Nc1ncn(CC(=O)NCC2CCC(O)CC2)n1. The summed E-state index contributed by atoms with van der Waals surface area (Å²) in [6.07, 6.45) is 4.89. The van der Waals surface area contributed by atoms with Crippen LogP contribution < -0.4 is 11.1 Å². The van der Waals surface area contributed by atoms with E-state index in [-0.39, 0.29) is 24.5 Å². The summed E-state index contributed by atoms with van der Waals surface area (Å²) in [5.74, 6) is 0.549. The van der Waals surface area contributed by atoms with Crippen LogP contribution in [0.1, 0.15) is 25.7 Å². The van der Waals surface area contributed by atoms with Crippen molar-refractivity contribution in [2.24, 2.45) is 5.92 Å². The molecule has 0 bridgehead atoms. The maximum atomic E-state index is 11.6. The van der Waals surface area contributed by atoms with Crippen molar-refractivity contribution in [2.45, 2.75) is 38.3 Å². The second-order valence-electron chi connectivity index (χ2n) is 4.78. The first-order valence-corrected chi connectivity index (χ1v) is 6.23. The molecule has 1 amide bonds. The van der Waals surface area contributed by atoms with Crippen molar-refractivity contribution in [3.63, 3.8) is 0 Å². The molecule has 18 heavy (non-hydrogen) atoms. The summed E-state index contributed by atoms with van der Waals surface area (Å²) in [5, 5.41) is 16.1. The highest BCUT2D eigenvalue weighted by Gasteiger charge is 2.19. The lowest BCUT2D eigenvalue weighted by molar-refractivity contribution is -0.122. The molecule has 1 aromatic heterocycles. The second-order valence-corrected chi connectivity index (χ2v) is 4.78. The summed E-state index contributed by atoms with van der Waals surface area (Å²) in [4.78, 5) is 15.4. The summed E-state index contributed by atoms with van der Waals surface area (Å²) < 4.78 is 1.41. The maximum absolute atomic E-state index is 11.6. The van der Waals surface area contributed by atoms with Crippen LogP contribution in [-0.4, -0.2) is 38.4 Å². The fourth-order valence-corrected chi connectivity index (χ4v) is 2.20. The predicted octanol–water partition coefficient (Wildman–Crippen LogP) is -0.472. The van der Waals surface area contributed by atoms with E-state index in [0.717, 1.165) is 25.7 Å². The van der Waals surface area contributed by atoms with E-state index < -0.39 is 0 Å². The molecule has 100 valence electrons. The Morgan fingerprint density at radius 1 is 1.50 bits per heavy atom. The molecule has 0 saturated heterocycles. The molecule has 0 spiro atoms. The Balaban J connectivity index is 1.68. The van der Waals surface area contributed by atoms with E-state index in [0.29, 0.717) is 12.5 Å². The number of carbonyl (C=O) groups is 1. The van der Waals surface area contributed by atoms with Gasteiger partial charge in [-0.15, -0.1) is 5.10 Å². The molecule has 0 radical (unpaired) electrons. The van der Waals surface area contributed by atoms with Crippen LogP contribution in [0.15, 0.2) is 6.33 Å². The molecular weight excluding hydrogens is 234 g/mol. The monoisotopic (exact) mass is 253 g/mol. The summed E-state index contributed by atoms with van der Waals surface area (Å²) in [6.45, 7) is 0.801. The molecular formula is C11H19N5O2. The lowest BCUT2D eigenvalue weighted by atomic mass is 9.87. The number of amides is 1. The van der Waals surface area contributed by atoms with Crippen LogP contribution in [0.4, 0.5) is 5.95 Å². The fraction of sp³-hybridized carbons (Fsp3) is 0.727. The van der Waals surface area contributed by atoms with Gasteiger partial charge in [0.25, 0.3) is 0 Å². The predicted molar refractivity (Wildman–Crippen MR) is 65.4 cm³/mol. The normalized spacial score (nSPS) is 23.8. The highest BCUT2D eigenvalue weighted by Crippen LogP contribution is 2.23. The summed E-state index contributed by atoms with van der Waals surface area (Å²) in [7, 11) is 0. The first-order chi connectivity index (χ1) is 8.63. The molecule has 7 nitrogen and oxygen atoms in total. The van der Waals surface area contributed by atoms with Gasteiger partial charge in [-0.3, -0.25) is 4.79 Å². The van der Waals surface area contributed by atoms with Crippen LogP contribution in [-0.2, 0) is 11.3 Å². The average molecular weight is 253 g/mol. The van der Waals surface area contributed by atoms with Gasteiger partial charge >= 0.3 is 0 Å². The quantitative estimate of drug-likeness (QED) is 0.672. The maximum Gasteiger partial charge on any atom is 0.241 e. The standard InChI is InChI=1S/C11H19N5O2/c12-11-14-7-16(15-11)6-10(18)13-5-8-1-3-9(17)4-2-8/h7-9,17H,1-6H2,(H2,12,15)(H,13,18). The van der Waals surface area contributed by atoms with Crippen molar-refractivity contribution in [2.75, 3.05) is 12.3 Å². The van der Waals surface area contributed by atoms with E-state index in [2.05, 4.69) is 15.4 Å². The number of hydrogen-bond acceptors (Lipinski definition) is 5. The van der Waals surface area contributed by atoms with Crippen molar-refractivity contribution >= 4 is 11.9 Å². The molecule has 1 fully saturated rings. The zero-order valence-corrected chi connectivity index (χ0v) is 10.2. The Morgan fingerprint density at radius 2 is 2.22 bits per heavy atom. The van der Waals surface area contributed by atoms with Gasteiger partial charge in [-0.05, 0) is 31.6 Å². The van der Waals surface area contributed by atoms with Gasteiger partial charge < -0.3 is 16.2 Å². The van der Waals surface area contributed by atoms with Crippen LogP contribution in [0, 0.1) is 5.92 Å². The van der Waals surface area contributed by atoms with E-state index in [1.807, 2.05) is 0 Å². The molecule has 1 aliphatic rings. The van der Waals surface area contributed by atoms with E-state index >= 15 is 0 Å². The van der Waals surface area contributed by atoms with Gasteiger partial charge in [-0.25, -0.2) is 9.67 Å². The Labute approximate surface area is 105 Å². The van der Waals surface area contributed by atoms with Crippen LogP contribution in [0.2, 0.25) is 0 Å². The molecule has 1 saturated carbocycles. The number of aliphatic hydroxyl groups is 1. The number of nitrogens with zero attached hydrogens (tertiary/aromatic N) is 3. The van der Waals surface area contributed by atoms with Crippen LogP contribution in [0.25, 0.3) is 0 Å². The first-order valence-electron chi connectivity index (χ1n) is 6.23. The molecule has 0 atom stereocenters. The van der Waals surface area contributed by atoms with Crippen molar-refractivity contribution in [3.8, 4) is 0 Å². The van der Waals surface area contributed by atoms with Crippen molar-refractivity contribution in [1.82, 2.24) is 20.1 Å². The van der Waals surface area contributed by atoms with Crippen LogP contribution >= 0.6 is 0 Å². The highest BCUT2D eigenvalue weighted by molar-refractivity contribution is 5.75. The minimum absolute atomic E-state index is 0.0916. The number of aromatic nitrogens is 3. The van der Waals surface area contributed by atoms with E-state index in [1.54, 1.807) is 0 Å². The third-order valence-corrected chi connectivity index (χ3v) is 3.26. The average Bonchev–Trinajstić information content (AvgIpc) is 2.74. The minimum atomic E-state index is -0.157. The first kappa shape index (κ1) is 12.8. The largest absolute Gasteiger partial charge is 0.393 e. The molecule has 0 aromatic carbocycles. The Morgan fingerprint density at radius 3 is 2.83 bits per heavy atom. The van der Waals surface area contributed by atoms with Gasteiger partial charge in [0.1, 0.15) is 12.9 Å². The number of nitrogen functional groups attached to an aromatic ring is 1. The molecule has 4 N–H and O–H groups in total. The van der Waals surface area contributed by atoms with Gasteiger partial charge in [0.2, 0.25) is 11.9 Å². The van der Waals surface area contributed by atoms with Crippen LogP contribution in [0.5, 0.6) is 0 Å². The van der Waals surface area contributed by atoms with E-state index in [1.165, 1.54) is 11.0 Å². The van der Waals surface area contributed by atoms with Gasteiger partial charge in [-0.1, -0.05) is 0 Å². The second kappa shape index (κ2) is 5.81. The number of carbonyl (C=O) groups excluding carboxylic acids is 1. The summed E-state index contributed by atoms with van der Waals surface area (Å²) in [6, 6.07) is 0. The zero-order chi connectivity index (χ0) is 13.0. The molecule has 2 rings (SSSR count). The number of nitrogens with one attached hydrogen (secondary N) is 1. The van der Waals surface area contributed by atoms with E-state index in [4.69, 9.17) is 5.73 Å². The van der Waals surface area contributed by atoms with Crippen molar-refractivity contribution < 1.29 is 9.90 Å². The lowest BCUT2D eigenvalue weighted by Gasteiger charge is -2.25. The summed E-state index contributed by atoms with van der Waals surface area (Å²) in [5.41, 5.74) is 5.36. The van der Waals surface area contributed by atoms with Gasteiger partial charge in [-0.2, -0.15) is 0 Å². The molecule has 1 aromatic rings. The highest BCUT2D eigenvalue weighted by atomic mass is 16.3. The number of rotatable bonds is 4. The van der Waals surface area contributed by atoms with Gasteiger partial charge in [0.05, 0.1) is 6.10 Å². The smallest absolute Gasteiger partial charge is 0.241 e. The van der Waals surface area contributed by atoms with Crippen molar-refractivity contribution in [3.05, 3.63) is 6.33 Å². The topological polar surface area (TPSA) is 106 Å². The lowest BCUT2D eigenvalue weighted by Crippen LogP contribution is -2.34. The fourth-order valence-electron chi connectivity index (χ4n) is 2.20. The molecule has 1 aliphatic carbocycles. The summed E-state index contributed by atoms with van der Waals surface area (Å²) >= 11 is 0. The molecule has 7 heteroatoms. The minimum Gasteiger partial charge on any atom is -0.393 e. The number of anilines is 1. The van der Waals surface area contributed by atoms with Crippen LogP contribution in [0.3, 0.4) is 0 Å². The number of aliphatic hydroxyl groups excluding tert-OH is 1.